The molecule has 0 fully saturated rings. The summed E-state index contributed by atoms with van der Waals surface area (Å²) in [5.74, 6) is -1.30. The van der Waals surface area contributed by atoms with Gasteiger partial charge >= 0.3 is 0 Å². The SMILES string of the molecule is CCN(C)C(=O)C(C)NC(=O)C(C)C#N. The Morgan fingerprint density at radius 1 is 1.47 bits per heavy atom. The summed E-state index contributed by atoms with van der Waals surface area (Å²) < 4.78 is 0. The van der Waals surface area contributed by atoms with Crippen molar-refractivity contribution < 1.29 is 9.59 Å². The van der Waals surface area contributed by atoms with E-state index in [2.05, 4.69) is 5.32 Å². The quantitative estimate of drug-likeness (QED) is 0.718. The van der Waals surface area contributed by atoms with Crippen molar-refractivity contribution in [2.24, 2.45) is 5.92 Å². The minimum atomic E-state index is -0.729. The van der Waals surface area contributed by atoms with Crippen molar-refractivity contribution >= 4 is 11.8 Å². The topological polar surface area (TPSA) is 73.2 Å². The highest BCUT2D eigenvalue weighted by Gasteiger charge is 2.20. The van der Waals surface area contributed by atoms with Crippen LogP contribution in [0.4, 0.5) is 0 Å². The fraction of sp³-hybridized carbons (Fsp3) is 0.700. The molecule has 2 amide bonds. The zero-order chi connectivity index (χ0) is 12.0. The number of hydrogen-bond donors (Lipinski definition) is 1. The molecule has 2 atom stereocenters. The molecule has 2 unspecified atom stereocenters. The second-order valence-electron chi connectivity index (χ2n) is 3.43. The minimum Gasteiger partial charge on any atom is -0.344 e. The number of rotatable bonds is 4. The third-order valence-corrected chi connectivity index (χ3v) is 2.17. The van der Waals surface area contributed by atoms with Crippen LogP contribution in [-0.4, -0.2) is 36.3 Å². The Balaban J connectivity index is 4.26. The summed E-state index contributed by atoms with van der Waals surface area (Å²) in [6.07, 6.45) is 0. The molecule has 5 nitrogen and oxygen atoms in total. The van der Waals surface area contributed by atoms with Gasteiger partial charge in [-0.25, -0.2) is 0 Å². The van der Waals surface area contributed by atoms with Gasteiger partial charge in [0.15, 0.2) is 0 Å². The first-order valence-corrected chi connectivity index (χ1v) is 4.89. The summed E-state index contributed by atoms with van der Waals surface area (Å²) in [5.41, 5.74) is 0. The molecule has 0 aliphatic heterocycles. The molecule has 0 aromatic rings. The van der Waals surface area contributed by atoms with Crippen molar-refractivity contribution in [3.63, 3.8) is 0 Å². The Bertz CT molecular complexity index is 283. The molecular weight excluding hydrogens is 194 g/mol. The lowest BCUT2D eigenvalue weighted by molar-refractivity contribution is -0.135. The summed E-state index contributed by atoms with van der Waals surface area (Å²) in [7, 11) is 1.67. The van der Waals surface area contributed by atoms with Crippen LogP contribution in [0.25, 0.3) is 0 Å². The maximum atomic E-state index is 11.5. The van der Waals surface area contributed by atoms with Gasteiger partial charge in [0.25, 0.3) is 0 Å². The van der Waals surface area contributed by atoms with Gasteiger partial charge in [-0.15, -0.1) is 0 Å². The van der Waals surface area contributed by atoms with Crippen LogP contribution in [0.2, 0.25) is 0 Å². The van der Waals surface area contributed by atoms with Crippen molar-refractivity contribution in [2.45, 2.75) is 26.8 Å². The number of nitriles is 1. The van der Waals surface area contributed by atoms with Crippen molar-refractivity contribution in [3.05, 3.63) is 0 Å². The van der Waals surface area contributed by atoms with Crippen LogP contribution in [-0.2, 0) is 9.59 Å². The van der Waals surface area contributed by atoms with Gasteiger partial charge in [0.2, 0.25) is 11.8 Å². The largest absolute Gasteiger partial charge is 0.344 e. The van der Waals surface area contributed by atoms with E-state index in [4.69, 9.17) is 5.26 Å². The van der Waals surface area contributed by atoms with Crippen LogP contribution in [0.1, 0.15) is 20.8 Å². The molecular formula is C10H17N3O2. The molecule has 1 N–H and O–H groups in total. The first kappa shape index (κ1) is 13.4. The molecule has 0 aromatic carbocycles. The zero-order valence-electron chi connectivity index (χ0n) is 9.57. The fourth-order valence-electron chi connectivity index (χ4n) is 0.945. The second kappa shape index (κ2) is 6.02. The molecule has 0 aliphatic carbocycles. The van der Waals surface area contributed by atoms with E-state index in [-0.39, 0.29) is 5.91 Å². The van der Waals surface area contributed by atoms with Crippen LogP contribution < -0.4 is 5.32 Å². The number of nitrogens with one attached hydrogen (secondary N) is 1. The van der Waals surface area contributed by atoms with E-state index in [0.29, 0.717) is 6.54 Å². The molecule has 84 valence electrons. The average molecular weight is 211 g/mol. The Labute approximate surface area is 90.0 Å². The first-order chi connectivity index (χ1) is 6.93. The van der Waals surface area contributed by atoms with Crippen molar-refractivity contribution in [2.75, 3.05) is 13.6 Å². The van der Waals surface area contributed by atoms with Gasteiger partial charge in [-0.05, 0) is 20.8 Å². The standard InChI is InChI=1S/C10H17N3O2/c1-5-13(4)10(15)8(3)12-9(14)7(2)6-11/h7-8H,5H2,1-4H3,(H,12,14). The van der Waals surface area contributed by atoms with Gasteiger partial charge in [-0.2, -0.15) is 5.26 Å². The van der Waals surface area contributed by atoms with Crippen molar-refractivity contribution in [1.29, 1.82) is 5.26 Å². The molecule has 0 bridgehead atoms. The Kier molecular flexibility index (Phi) is 5.39. The predicted octanol–water partition coefficient (Wildman–Crippen LogP) is 0.129. The van der Waals surface area contributed by atoms with Crippen LogP contribution in [0.5, 0.6) is 0 Å². The van der Waals surface area contributed by atoms with Crippen LogP contribution >= 0.6 is 0 Å². The molecule has 0 rings (SSSR count). The van der Waals surface area contributed by atoms with Crippen LogP contribution in [0.3, 0.4) is 0 Å². The molecule has 0 saturated heterocycles. The summed E-state index contributed by atoms with van der Waals surface area (Å²) in [5, 5.41) is 11.0. The highest BCUT2D eigenvalue weighted by atomic mass is 16.2. The third-order valence-electron chi connectivity index (χ3n) is 2.17. The summed E-state index contributed by atoms with van der Waals surface area (Å²) in [6, 6.07) is 1.23. The normalized spacial score (nSPS) is 13.5. The maximum absolute atomic E-state index is 11.5. The molecule has 5 heteroatoms. The van der Waals surface area contributed by atoms with Gasteiger partial charge in [0.1, 0.15) is 12.0 Å². The predicted molar refractivity (Wildman–Crippen MR) is 55.7 cm³/mol. The number of hydrogen-bond acceptors (Lipinski definition) is 3. The van der Waals surface area contributed by atoms with Gasteiger partial charge in [0, 0.05) is 13.6 Å². The number of nitrogens with zero attached hydrogens (tertiary/aromatic N) is 2. The lowest BCUT2D eigenvalue weighted by Crippen LogP contribution is -2.46. The van der Waals surface area contributed by atoms with E-state index >= 15 is 0 Å². The molecule has 0 radical (unpaired) electrons. The van der Waals surface area contributed by atoms with Crippen LogP contribution in [0, 0.1) is 17.2 Å². The summed E-state index contributed by atoms with van der Waals surface area (Å²) >= 11 is 0. The fourth-order valence-corrected chi connectivity index (χ4v) is 0.945. The molecule has 0 spiro atoms. The van der Waals surface area contributed by atoms with Gasteiger partial charge in [-0.3, -0.25) is 9.59 Å². The zero-order valence-corrected chi connectivity index (χ0v) is 9.57. The van der Waals surface area contributed by atoms with E-state index in [9.17, 15) is 9.59 Å². The Hall–Kier alpha value is -1.57. The highest BCUT2D eigenvalue weighted by molar-refractivity contribution is 5.88. The monoisotopic (exact) mass is 211 g/mol. The highest BCUT2D eigenvalue weighted by Crippen LogP contribution is 1.96. The lowest BCUT2D eigenvalue weighted by Gasteiger charge is -2.20. The van der Waals surface area contributed by atoms with Crippen molar-refractivity contribution in [3.8, 4) is 6.07 Å². The molecule has 0 aromatic heterocycles. The van der Waals surface area contributed by atoms with E-state index < -0.39 is 17.9 Å². The minimum absolute atomic E-state index is 0.156. The van der Waals surface area contributed by atoms with Gasteiger partial charge in [0.05, 0.1) is 6.07 Å². The Morgan fingerprint density at radius 2 is 2.00 bits per heavy atom. The van der Waals surface area contributed by atoms with E-state index in [0.717, 1.165) is 0 Å². The average Bonchev–Trinajstić information content (AvgIpc) is 2.25. The smallest absolute Gasteiger partial charge is 0.244 e. The molecule has 15 heavy (non-hydrogen) atoms. The molecule has 0 heterocycles. The Morgan fingerprint density at radius 3 is 2.40 bits per heavy atom. The summed E-state index contributed by atoms with van der Waals surface area (Å²) in [4.78, 5) is 24.4. The van der Waals surface area contributed by atoms with E-state index in [1.54, 1.807) is 14.0 Å². The van der Waals surface area contributed by atoms with Crippen molar-refractivity contribution in [1.82, 2.24) is 10.2 Å². The number of carbonyl (C=O) groups is 2. The first-order valence-electron chi connectivity index (χ1n) is 4.89. The number of amides is 2. The molecule has 0 aliphatic rings. The second-order valence-corrected chi connectivity index (χ2v) is 3.43. The third kappa shape index (κ3) is 3.98. The lowest BCUT2D eigenvalue weighted by atomic mass is 10.2. The maximum Gasteiger partial charge on any atom is 0.244 e. The number of likely N-dealkylation sites (N-methyl/N-ethyl adjacent to an activating group) is 1. The summed E-state index contributed by atoms with van der Waals surface area (Å²) in [6.45, 7) is 5.55. The number of carbonyl (C=O) groups excluding carboxylic acids is 2. The molecule has 0 saturated carbocycles. The van der Waals surface area contributed by atoms with E-state index in [1.807, 2.05) is 13.0 Å². The van der Waals surface area contributed by atoms with Gasteiger partial charge < -0.3 is 10.2 Å². The van der Waals surface area contributed by atoms with Gasteiger partial charge in [-0.1, -0.05) is 0 Å². The van der Waals surface area contributed by atoms with Crippen LogP contribution in [0.15, 0.2) is 0 Å². The van der Waals surface area contributed by atoms with E-state index in [1.165, 1.54) is 11.8 Å².